The molecule has 0 saturated carbocycles. The van der Waals surface area contributed by atoms with Gasteiger partial charge in [0.2, 0.25) is 5.91 Å². The van der Waals surface area contributed by atoms with Gasteiger partial charge in [-0.1, -0.05) is 29.3 Å². The lowest BCUT2D eigenvalue weighted by molar-refractivity contribution is -0.123. The van der Waals surface area contributed by atoms with Gasteiger partial charge in [0.1, 0.15) is 6.04 Å². The third-order valence-electron chi connectivity index (χ3n) is 4.00. The molecule has 1 aliphatic rings. The first-order valence-electron chi connectivity index (χ1n) is 7.62. The Morgan fingerprint density at radius 2 is 1.91 bits per heavy atom. The van der Waals surface area contributed by atoms with Crippen LogP contribution in [-0.2, 0) is 4.79 Å². The van der Waals surface area contributed by atoms with E-state index in [1.807, 2.05) is 0 Å². The average Bonchev–Trinajstić information content (AvgIpc) is 2.52. The second-order valence-electron chi connectivity index (χ2n) is 5.88. The van der Waals surface area contributed by atoms with E-state index in [2.05, 4.69) is 22.6 Å². The Bertz CT molecular complexity index is 587. The second kappa shape index (κ2) is 7.99. The van der Waals surface area contributed by atoms with E-state index in [1.54, 1.807) is 25.1 Å². The third-order valence-corrected chi connectivity index (χ3v) is 4.82. The predicted molar refractivity (Wildman–Crippen MR) is 92.1 cm³/mol. The first kappa shape index (κ1) is 18.0. The van der Waals surface area contributed by atoms with Gasteiger partial charge in [-0.05, 0) is 52.0 Å². The number of nitrogens with zero attached hydrogens (tertiary/aromatic N) is 1. The van der Waals surface area contributed by atoms with E-state index in [0.29, 0.717) is 5.02 Å². The van der Waals surface area contributed by atoms with Crippen molar-refractivity contribution in [2.75, 3.05) is 20.1 Å². The Kier molecular flexibility index (Phi) is 6.27. The number of piperidine rings is 1. The number of carbonyl (C=O) groups excluding carboxylic acids is 2. The minimum Gasteiger partial charge on any atom is -0.351 e. The maximum Gasteiger partial charge on any atom is 0.253 e. The van der Waals surface area contributed by atoms with E-state index >= 15 is 0 Å². The van der Waals surface area contributed by atoms with Gasteiger partial charge in [-0.3, -0.25) is 9.59 Å². The molecule has 1 unspecified atom stereocenters. The first-order valence-corrected chi connectivity index (χ1v) is 8.38. The molecule has 1 aliphatic heterocycles. The molecule has 0 spiro atoms. The smallest absolute Gasteiger partial charge is 0.253 e. The highest BCUT2D eigenvalue weighted by atomic mass is 35.5. The van der Waals surface area contributed by atoms with Crippen LogP contribution in [0.5, 0.6) is 0 Å². The van der Waals surface area contributed by atoms with Crippen molar-refractivity contribution in [3.63, 3.8) is 0 Å². The van der Waals surface area contributed by atoms with Crippen molar-refractivity contribution < 1.29 is 9.59 Å². The zero-order chi connectivity index (χ0) is 17.0. The fraction of sp³-hybridized carbons (Fsp3) is 0.500. The molecule has 5 nitrogen and oxygen atoms in total. The quantitative estimate of drug-likeness (QED) is 0.869. The molecule has 126 valence electrons. The summed E-state index contributed by atoms with van der Waals surface area (Å²) >= 11 is 11.9. The zero-order valence-electron chi connectivity index (χ0n) is 13.2. The Labute approximate surface area is 146 Å². The second-order valence-corrected chi connectivity index (χ2v) is 6.67. The van der Waals surface area contributed by atoms with Crippen LogP contribution in [-0.4, -0.2) is 48.9 Å². The molecule has 0 radical (unpaired) electrons. The summed E-state index contributed by atoms with van der Waals surface area (Å²) < 4.78 is 0. The molecular weight excluding hydrogens is 337 g/mol. The van der Waals surface area contributed by atoms with Gasteiger partial charge in [0.25, 0.3) is 5.91 Å². The Balaban J connectivity index is 1.90. The van der Waals surface area contributed by atoms with Gasteiger partial charge in [-0.2, -0.15) is 0 Å². The normalized spacial score (nSPS) is 17.6. The van der Waals surface area contributed by atoms with Crippen LogP contribution in [0.3, 0.4) is 0 Å². The number of halogens is 2. The minimum atomic E-state index is -0.641. The van der Waals surface area contributed by atoms with Crippen LogP contribution < -0.4 is 10.6 Å². The highest BCUT2D eigenvalue weighted by molar-refractivity contribution is 6.43. The number of amides is 2. The van der Waals surface area contributed by atoms with Gasteiger partial charge in [0.15, 0.2) is 0 Å². The molecule has 2 N–H and O–H groups in total. The van der Waals surface area contributed by atoms with Crippen LogP contribution in [0.1, 0.15) is 30.1 Å². The van der Waals surface area contributed by atoms with Crippen LogP contribution in [0.25, 0.3) is 0 Å². The largest absolute Gasteiger partial charge is 0.351 e. The lowest BCUT2D eigenvalue weighted by Gasteiger charge is -2.30. The molecular formula is C16H21Cl2N3O2. The number of hydrogen-bond donors (Lipinski definition) is 2. The standard InChI is InChI=1S/C16H21Cl2N3O2/c1-10(15(22)20-11-6-8-21(2)9-7-11)19-16(23)12-4-3-5-13(17)14(12)18/h3-5,10-11H,6-9H2,1-2H3,(H,19,23)(H,20,22). The van der Waals surface area contributed by atoms with Crippen LogP contribution in [0.2, 0.25) is 10.0 Å². The Morgan fingerprint density at radius 3 is 2.57 bits per heavy atom. The molecule has 0 aromatic heterocycles. The van der Waals surface area contributed by atoms with Gasteiger partial charge in [0.05, 0.1) is 15.6 Å². The van der Waals surface area contributed by atoms with E-state index in [1.165, 1.54) is 0 Å². The van der Waals surface area contributed by atoms with Crippen LogP contribution in [0.4, 0.5) is 0 Å². The van der Waals surface area contributed by atoms with Crippen molar-refractivity contribution in [2.24, 2.45) is 0 Å². The molecule has 1 aromatic carbocycles. The Hall–Kier alpha value is -1.30. The number of nitrogens with one attached hydrogen (secondary N) is 2. The number of likely N-dealkylation sites (tertiary alicyclic amines) is 1. The van der Waals surface area contributed by atoms with E-state index < -0.39 is 11.9 Å². The van der Waals surface area contributed by atoms with Crippen molar-refractivity contribution in [1.82, 2.24) is 15.5 Å². The summed E-state index contributed by atoms with van der Waals surface area (Å²) in [6, 6.07) is 4.35. The number of hydrogen-bond acceptors (Lipinski definition) is 3. The van der Waals surface area contributed by atoms with Gasteiger partial charge in [-0.25, -0.2) is 0 Å². The van der Waals surface area contributed by atoms with E-state index in [0.717, 1.165) is 25.9 Å². The van der Waals surface area contributed by atoms with Gasteiger partial charge in [0, 0.05) is 6.04 Å². The number of carbonyl (C=O) groups is 2. The molecule has 1 heterocycles. The maximum atomic E-state index is 12.2. The van der Waals surface area contributed by atoms with E-state index in [-0.39, 0.29) is 22.5 Å². The summed E-state index contributed by atoms with van der Waals surface area (Å²) in [5, 5.41) is 6.14. The van der Waals surface area contributed by atoms with Gasteiger partial charge in [-0.15, -0.1) is 0 Å². The molecule has 1 saturated heterocycles. The average molecular weight is 358 g/mol. The fourth-order valence-corrected chi connectivity index (χ4v) is 2.88. The molecule has 1 aromatic rings. The van der Waals surface area contributed by atoms with Crippen molar-refractivity contribution in [3.8, 4) is 0 Å². The van der Waals surface area contributed by atoms with Gasteiger partial charge >= 0.3 is 0 Å². The summed E-state index contributed by atoms with van der Waals surface area (Å²) in [5.41, 5.74) is 0.262. The summed E-state index contributed by atoms with van der Waals surface area (Å²) in [4.78, 5) is 26.7. The Morgan fingerprint density at radius 1 is 1.26 bits per heavy atom. The molecule has 7 heteroatoms. The van der Waals surface area contributed by atoms with Crippen LogP contribution in [0.15, 0.2) is 18.2 Å². The summed E-state index contributed by atoms with van der Waals surface area (Å²) in [5.74, 6) is -0.602. The lowest BCUT2D eigenvalue weighted by Crippen LogP contribution is -2.50. The monoisotopic (exact) mass is 357 g/mol. The molecule has 23 heavy (non-hydrogen) atoms. The third kappa shape index (κ3) is 4.83. The van der Waals surface area contributed by atoms with Gasteiger partial charge < -0.3 is 15.5 Å². The zero-order valence-corrected chi connectivity index (χ0v) is 14.7. The highest BCUT2D eigenvalue weighted by Gasteiger charge is 2.23. The molecule has 1 fully saturated rings. The van der Waals surface area contributed by atoms with Crippen molar-refractivity contribution >= 4 is 35.0 Å². The van der Waals surface area contributed by atoms with Crippen LogP contribution in [0, 0.1) is 0 Å². The van der Waals surface area contributed by atoms with Crippen molar-refractivity contribution in [1.29, 1.82) is 0 Å². The molecule has 2 amide bonds. The number of rotatable bonds is 4. The molecule has 2 rings (SSSR count). The molecule has 1 atom stereocenters. The highest BCUT2D eigenvalue weighted by Crippen LogP contribution is 2.25. The van der Waals surface area contributed by atoms with Crippen molar-refractivity contribution in [3.05, 3.63) is 33.8 Å². The predicted octanol–water partition coefficient (Wildman–Crippen LogP) is 2.32. The fourth-order valence-electron chi connectivity index (χ4n) is 2.50. The molecule has 0 bridgehead atoms. The minimum absolute atomic E-state index is 0.160. The summed E-state index contributed by atoms with van der Waals surface area (Å²) in [7, 11) is 2.07. The summed E-state index contributed by atoms with van der Waals surface area (Å²) in [6.45, 7) is 3.58. The first-order chi connectivity index (χ1) is 10.9. The van der Waals surface area contributed by atoms with Crippen molar-refractivity contribution in [2.45, 2.75) is 31.8 Å². The maximum absolute atomic E-state index is 12.2. The lowest BCUT2D eigenvalue weighted by atomic mass is 10.1. The van der Waals surface area contributed by atoms with Crippen LogP contribution >= 0.6 is 23.2 Å². The summed E-state index contributed by atoms with van der Waals surface area (Å²) in [6.07, 6.45) is 1.84. The van der Waals surface area contributed by atoms with E-state index in [9.17, 15) is 9.59 Å². The SMILES string of the molecule is CC(NC(=O)c1cccc(Cl)c1Cl)C(=O)NC1CCN(C)CC1. The van der Waals surface area contributed by atoms with E-state index in [4.69, 9.17) is 23.2 Å². The topological polar surface area (TPSA) is 61.4 Å². The number of benzene rings is 1. The molecule has 0 aliphatic carbocycles.